The van der Waals surface area contributed by atoms with Crippen molar-refractivity contribution < 1.29 is 23.8 Å². The zero-order valence-corrected chi connectivity index (χ0v) is 16.7. The summed E-state index contributed by atoms with van der Waals surface area (Å²) in [5, 5.41) is 2.71. The van der Waals surface area contributed by atoms with E-state index in [-0.39, 0.29) is 19.6 Å². The lowest BCUT2D eigenvalue weighted by Crippen LogP contribution is -2.21. The van der Waals surface area contributed by atoms with Crippen molar-refractivity contribution in [1.82, 2.24) is 0 Å². The van der Waals surface area contributed by atoms with Crippen molar-refractivity contribution in [2.45, 2.75) is 6.42 Å². The Hall–Kier alpha value is -3.80. The van der Waals surface area contributed by atoms with E-state index in [2.05, 4.69) is 5.32 Å². The molecule has 30 heavy (non-hydrogen) atoms. The second-order valence-electron chi connectivity index (χ2n) is 6.43. The van der Waals surface area contributed by atoms with Crippen LogP contribution in [0.25, 0.3) is 11.1 Å². The van der Waals surface area contributed by atoms with Crippen molar-refractivity contribution >= 4 is 17.6 Å². The number of anilines is 1. The molecule has 0 heterocycles. The molecule has 0 bridgehead atoms. The average molecular weight is 405 g/mol. The number of carbonyl (C=O) groups excluding carboxylic acids is 2. The van der Waals surface area contributed by atoms with E-state index < -0.39 is 11.9 Å². The topological polar surface area (TPSA) is 73.9 Å². The van der Waals surface area contributed by atoms with E-state index in [9.17, 15) is 9.59 Å². The molecule has 154 valence electrons. The van der Waals surface area contributed by atoms with Gasteiger partial charge in [-0.05, 0) is 47.5 Å². The van der Waals surface area contributed by atoms with E-state index in [1.807, 2.05) is 54.6 Å². The molecule has 1 amide bonds. The monoisotopic (exact) mass is 405 g/mol. The highest BCUT2D eigenvalue weighted by Gasteiger charge is 2.09. The molecule has 3 rings (SSSR count). The summed E-state index contributed by atoms with van der Waals surface area (Å²) < 4.78 is 15.5. The summed E-state index contributed by atoms with van der Waals surface area (Å²) in [4.78, 5) is 23.8. The predicted octanol–water partition coefficient (Wildman–Crippen LogP) is 4.31. The van der Waals surface area contributed by atoms with Crippen molar-refractivity contribution in [3.8, 4) is 22.6 Å². The fourth-order valence-electron chi connectivity index (χ4n) is 2.72. The van der Waals surface area contributed by atoms with Crippen LogP contribution >= 0.6 is 0 Å². The molecule has 0 spiro atoms. The SMILES string of the molecule is COc1ccc(OCCC(=O)OCC(=O)Nc2ccc(-c3ccccc3)cc2)cc1. The summed E-state index contributed by atoms with van der Waals surface area (Å²) in [5.74, 6) is 0.452. The van der Waals surface area contributed by atoms with Crippen LogP contribution in [0, 0.1) is 0 Å². The molecule has 0 aliphatic heterocycles. The molecule has 0 atom stereocenters. The van der Waals surface area contributed by atoms with Crippen molar-refractivity contribution in [3.63, 3.8) is 0 Å². The van der Waals surface area contributed by atoms with Crippen LogP contribution in [-0.2, 0) is 14.3 Å². The maximum atomic E-state index is 12.0. The van der Waals surface area contributed by atoms with Gasteiger partial charge in [0, 0.05) is 5.69 Å². The van der Waals surface area contributed by atoms with Gasteiger partial charge in [-0.1, -0.05) is 42.5 Å². The molecular formula is C24H23NO5. The maximum absolute atomic E-state index is 12.0. The third-order valence-electron chi connectivity index (χ3n) is 4.27. The molecule has 0 fully saturated rings. The molecule has 6 heteroatoms. The van der Waals surface area contributed by atoms with Crippen molar-refractivity contribution in [2.75, 3.05) is 25.6 Å². The lowest BCUT2D eigenvalue weighted by molar-refractivity contribution is -0.147. The molecule has 0 aliphatic rings. The van der Waals surface area contributed by atoms with Crippen LogP contribution in [-0.4, -0.2) is 32.2 Å². The molecular weight excluding hydrogens is 382 g/mol. The molecule has 0 saturated heterocycles. The summed E-state index contributed by atoms with van der Waals surface area (Å²) >= 11 is 0. The maximum Gasteiger partial charge on any atom is 0.309 e. The molecule has 3 aromatic carbocycles. The zero-order valence-electron chi connectivity index (χ0n) is 16.7. The van der Waals surface area contributed by atoms with Crippen LogP contribution < -0.4 is 14.8 Å². The molecule has 0 aliphatic carbocycles. The van der Waals surface area contributed by atoms with Gasteiger partial charge in [0.1, 0.15) is 11.5 Å². The van der Waals surface area contributed by atoms with Gasteiger partial charge in [0.15, 0.2) is 6.61 Å². The number of carbonyl (C=O) groups is 2. The first-order chi connectivity index (χ1) is 14.6. The Morgan fingerprint density at radius 3 is 2.10 bits per heavy atom. The minimum Gasteiger partial charge on any atom is -0.497 e. The fourth-order valence-corrected chi connectivity index (χ4v) is 2.72. The second kappa shape index (κ2) is 10.7. The number of ether oxygens (including phenoxy) is 3. The third kappa shape index (κ3) is 6.38. The van der Waals surface area contributed by atoms with Gasteiger partial charge in [0.2, 0.25) is 0 Å². The Kier molecular flexibility index (Phi) is 7.44. The number of hydrogen-bond acceptors (Lipinski definition) is 5. The second-order valence-corrected chi connectivity index (χ2v) is 6.43. The number of benzene rings is 3. The van der Waals surface area contributed by atoms with E-state index in [0.29, 0.717) is 11.4 Å². The summed E-state index contributed by atoms with van der Waals surface area (Å²) in [6.07, 6.45) is 0.0467. The van der Waals surface area contributed by atoms with E-state index in [1.54, 1.807) is 31.4 Å². The van der Waals surface area contributed by atoms with Gasteiger partial charge in [0.25, 0.3) is 5.91 Å². The Morgan fingerprint density at radius 2 is 1.43 bits per heavy atom. The number of amides is 1. The standard InChI is InChI=1S/C24H23NO5/c1-28-21-11-13-22(14-12-21)29-16-15-24(27)30-17-23(26)25-20-9-7-19(8-10-20)18-5-3-2-4-6-18/h2-14H,15-17H2,1H3,(H,25,26). The lowest BCUT2D eigenvalue weighted by Gasteiger charge is -2.09. The largest absolute Gasteiger partial charge is 0.497 e. The number of nitrogens with one attached hydrogen (secondary N) is 1. The van der Waals surface area contributed by atoms with Gasteiger partial charge >= 0.3 is 5.97 Å². The first-order valence-corrected chi connectivity index (χ1v) is 9.52. The predicted molar refractivity (Wildman–Crippen MR) is 115 cm³/mol. The highest BCUT2D eigenvalue weighted by molar-refractivity contribution is 5.93. The normalized spacial score (nSPS) is 10.2. The Balaban J connectivity index is 1.37. The summed E-state index contributed by atoms with van der Waals surface area (Å²) in [6, 6.07) is 24.5. The Morgan fingerprint density at radius 1 is 0.800 bits per heavy atom. The van der Waals surface area contributed by atoms with Crippen LogP contribution in [0.5, 0.6) is 11.5 Å². The minimum absolute atomic E-state index is 0.0467. The van der Waals surface area contributed by atoms with E-state index in [4.69, 9.17) is 14.2 Å². The van der Waals surface area contributed by atoms with E-state index in [1.165, 1.54) is 0 Å². The zero-order chi connectivity index (χ0) is 21.2. The summed E-state index contributed by atoms with van der Waals surface area (Å²) in [7, 11) is 1.59. The fraction of sp³-hybridized carbons (Fsp3) is 0.167. The highest BCUT2D eigenvalue weighted by Crippen LogP contribution is 2.21. The molecule has 0 saturated carbocycles. The number of rotatable bonds is 9. The number of methoxy groups -OCH3 is 1. The van der Waals surface area contributed by atoms with Crippen LogP contribution in [0.2, 0.25) is 0 Å². The van der Waals surface area contributed by atoms with Gasteiger partial charge < -0.3 is 19.5 Å². The Labute approximate surface area is 175 Å². The average Bonchev–Trinajstić information content (AvgIpc) is 2.79. The first kappa shape index (κ1) is 20.9. The van der Waals surface area contributed by atoms with Crippen molar-refractivity contribution in [1.29, 1.82) is 0 Å². The molecule has 6 nitrogen and oxygen atoms in total. The van der Waals surface area contributed by atoms with Gasteiger partial charge in [-0.2, -0.15) is 0 Å². The van der Waals surface area contributed by atoms with Crippen LogP contribution in [0.15, 0.2) is 78.9 Å². The van der Waals surface area contributed by atoms with Crippen molar-refractivity contribution in [3.05, 3.63) is 78.9 Å². The Bertz CT molecular complexity index is 953. The number of hydrogen-bond donors (Lipinski definition) is 1. The van der Waals surface area contributed by atoms with Crippen LogP contribution in [0.1, 0.15) is 6.42 Å². The van der Waals surface area contributed by atoms with Crippen LogP contribution in [0.3, 0.4) is 0 Å². The smallest absolute Gasteiger partial charge is 0.309 e. The number of esters is 1. The van der Waals surface area contributed by atoms with Gasteiger partial charge in [-0.3, -0.25) is 9.59 Å². The molecule has 0 radical (unpaired) electrons. The quantitative estimate of drug-likeness (QED) is 0.537. The molecule has 3 aromatic rings. The third-order valence-corrected chi connectivity index (χ3v) is 4.27. The van der Waals surface area contributed by atoms with Gasteiger partial charge in [-0.15, -0.1) is 0 Å². The first-order valence-electron chi connectivity index (χ1n) is 9.52. The lowest BCUT2D eigenvalue weighted by atomic mass is 10.1. The van der Waals surface area contributed by atoms with E-state index in [0.717, 1.165) is 16.9 Å². The summed E-state index contributed by atoms with van der Waals surface area (Å²) in [6.45, 7) is -0.185. The molecule has 1 N–H and O–H groups in total. The minimum atomic E-state index is -0.502. The van der Waals surface area contributed by atoms with Gasteiger partial charge in [0.05, 0.1) is 20.1 Å². The molecule has 0 aromatic heterocycles. The molecule has 0 unspecified atom stereocenters. The van der Waals surface area contributed by atoms with Crippen molar-refractivity contribution in [2.24, 2.45) is 0 Å². The van der Waals surface area contributed by atoms with Gasteiger partial charge in [-0.25, -0.2) is 0 Å². The van der Waals surface area contributed by atoms with Crippen LogP contribution in [0.4, 0.5) is 5.69 Å². The highest BCUT2D eigenvalue weighted by atomic mass is 16.5. The van der Waals surface area contributed by atoms with E-state index >= 15 is 0 Å². The summed E-state index contributed by atoms with van der Waals surface area (Å²) in [5.41, 5.74) is 2.79.